The highest BCUT2D eigenvalue weighted by molar-refractivity contribution is 5.49. The largest absolute Gasteiger partial charge is 0.496 e. The summed E-state index contributed by atoms with van der Waals surface area (Å²) in [5.41, 5.74) is 5.51. The SMILES string of the molecule is COc1cc(OC)c(C(C)(C)N)cc1C(F)F. The van der Waals surface area contributed by atoms with Crippen LogP contribution in [0, 0.1) is 0 Å². The standard InChI is InChI=1S/C12H17F2NO2/c1-12(2,15)8-5-7(11(13)14)9(16-3)6-10(8)17-4/h5-6,11H,15H2,1-4H3. The van der Waals surface area contributed by atoms with E-state index < -0.39 is 12.0 Å². The summed E-state index contributed by atoms with van der Waals surface area (Å²) in [5, 5.41) is 0. The van der Waals surface area contributed by atoms with Gasteiger partial charge in [0.25, 0.3) is 6.43 Å². The van der Waals surface area contributed by atoms with Gasteiger partial charge in [-0.25, -0.2) is 8.78 Å². The van der Waals surface area contributed by atoms with Crippen molar-refractivity contribution >= 4 is 0 Å². The molecular weight excluding hydrogens is 228 g/mol. The summed E-state index contributed by atoms with van der Waals surface area (Å²) in [6, 6.07) is 2.77. The van der Waals surface area contributed by atoms with E-state index in [0.29, 0.717) is 11.3 Å². The quantitative estimate of drug-likeness (QED) is 0.887. The minimum Gasteiger partial charge on any atom is -0.496 e. The molecule has 0 unspecified atom stereocenters. The van der Waals surface area contributed by atoms with Crippen molar-refractivity contribution in [3.05, 3.63) is 23.3 Å². The number of methoxy groups -OCH3 is 2. The molecule has 0 aliphatic rings. The first-order chi connectivity index (χ1) is 7.81. The van der Waals surface area contributed by atoms with E-state index in [1.54, 1.807) is 13.8 Å². The van der Waals surface area contributed by atoms with E-state index >= 15 is 0 Å². The molecule has 1 aromatic carbocycles. The molecular formula is C12H17F2NO2. The zero-order valence-electron chi connectivity index (χ0n) is 10.4. The van der Waals surface area contributed by atoms with Gasteiger partial charge in [0.15, 0.2) is 0 Å². The second kappa shape index (κ2) is 4.87. The summed E-state index contributed by atoms with van der Waals surface area (Å²) in [6.45, 7) is 3.46. The van der Waals surface area contributed by atoms with Crippen molar-refractivity contribution in [2.45, 2.75) is 25.8 Å². The van der Waals surface area contributed by atoms with E-state index in [1.807, 2.05) is 0 Å². The normalized spacial score (nSPS) is 11.8. The Morgan fingerprint density at radius 3 is 2.00 bits per heavy atom. The van der Waals surface area contributed by atoms with Gasteiger partial charge in [-0.3, -0.25) is 0 Å². The Morgan fingerprint density at radius 1 is 1.12 bits per heavy atom. The summed E-state index contributed by atoms with van der Waals surface area (Å²) >= 11 is 0. The zero-order chi connectivity index (χ0) is 13.2. The molecule has 1 aromatic rings. The first-order valence-electron chi connectivity index (χ1n) is 5.14. The third kappa shape index (κ3) is 2.85. The van der Waals surface area contributed by atoms with Crippen LogP contribution < -0.4 is 15.2 Å². The Balaban J connectivity index is 3.45. The third-order valence-electron chi connectivity index (χ3n) is 2.48. The van der Waals surface area contributed by atoms with E-state index in [-0.39, 0.29) is 11.3 Å². The first-order valence-corrected chi connectivity index (χ1v) is 5.14. The van der Waals surface area contributed by atoms with Crippen LogP contribution in [0.15, 0.2) is 12.1 Å². The van der Waals surface area contributed by atoms with Gasteiger partial charge < -0.3 is 15.2 Å². The molecule has 0 spiro atoms. The van der Waals surface area contributed by atoms with Crippen molar-refractivity contribution in [1.82, 2.24) is 0 Å². The number of nitrogens with two attached hydrogens (primary N) is 1. The Morgan fingerprint density at radius 2 is 1.65 bits per heavy atom. The maximum atomic E-state index is 12.9. The lowest BCUT2D eigenvalue weighted by atomic mass is 9.92. The lowest BCUT2D eigenvalue weighted by Gasteiger charge is -2.24. The summed E-state index contributed by atoms with van der Waals surface area (Å²) in [7, 11) is 2.81. The van der Waals surface area contributed by atoms with Crippen LogP contribution in [-0.4, -0.2) is 14.2 Å². The molecule has 0 radical (unpaired) electrons. The summed E-state index contributed by atoms with van der Waals surface area (Å²) < 4.78 is 35.8. The molecule has 0 aromatic heterocycles. The van der Waals surface area contributed by atoms with E-state index in [9.17, 15) is 8.78 Å². The number of hydrogen-bond acceptors (Lipinski definition) is 3. The molecule has 0 aliphatic carbocycles. The van der Waals surface area contributed by atoms with Crippen LogP contribution in [0.3, 0.4) is 0 Å². The number of ether oxygens (including phenoxy) is 2. The Bertz CT molecular complexity index is 400. The van der Waals surface area contributed by atoms with Crippen molar-refractivity contribution in [1.29, 1.82) is 0 Å². The summed E-state index contributed by atoms with van der Waals surface area (Å²) in [6.07, 6.45) is -2.61. The third-order valence-corrected chi connectivity index (χ3v) is 2.48. The highest BCUT2D eigenvalue weighted by atomic mass is 19.3. The molecule has 5 heteroatoms. The second-order valence-corrected chi connectivity index (χ2v) is 4.32. The highest BCUT2D eigenvalue weighted by Gasteiger charge is 2.24. The molecule has 2 N–H and O–H groups in total. The van der Waals surface area contributed by atoms with E-state index in [1.165, 1.54) is 26.4 Å². The smallest absolute Gasteiger partial charge is 0.267 e. The number of alkyl halides is 2. The van der Waals surface area contributed by atoms with Gasteiger partial charge in [-0.05, 0) is 19.9 Å². The fourth-order valence-electron chi connectivity index (χ4n) is 1.60. The predicted octanol–water partition coefficient (Wildman–Crippen LogP) is 2.84. The van der Waals surface area contributed by atoms with Crippen LogP contribution in [0.2, 0.25) is 0 Å². The van der Waals surface area contributed by atoms with Gasteiger partial charge in [0, 0.05) is 17.2 Å². The first kappa shape index (κ1) is 13.7. The van der Waals surface area contributed by atoms with Crippen LogP contribution >= 0.6 is 0 Å². The maximum absolute atomic E-state index is 12.9. The van der Waals surface area contributed by atoms with E-state index in [4.69, 9.17) is 15.2 Å². The average molecular weight is 245 g/mol. The minimum absolute atomic E-state index is 0.102. The minimum atomic E-state index is -2.61. The van der Waals surface area contributed by atoms with E-state index in [0.717, 1.165) is 0 Å². The zero-order valence-corrected chi connectivity index (χ0v) is 10.4. The summed E-state index contributed by atoms with van der Waals surface area (Å²) in [5.74, 6) is 0.545. The van der Waals surface area contributed by atoms with Gasteiger partial charge in [0.1, 0.15) is 11.5 Å². The van der Waals surface area contributed by atoms with E-state index in [2.05, 4.69) is 0 Å². The van der Waals surface area contributed by atoms with Gasteiger partial charge in [-0.15, -0.1) is 0 Å². The Hall–Kier alpha value is -1.36. The molecule has 1 rings (SSSR count). The van der Waals surface area contributed by atoms with Gasteiger partial charge in [0.2, 0.25) is 0 Å². The molecule has 0 saturated carbocycles. The van der Waals surface area contributed by atoms with Crippen LogP contribution in [0.1, 0.15) is 31.4 Å². The van der Waals surface area contributed by atoms with Crippen molar-refractivity contribution in [2.24, 2.45) is 5.73 Å². The average Bonchev–Trinajstić information content (AvgIpc) is 2.25. The number of halogens is 2. The molecule has 0 aliphatic heterocycles. The molecule has 3 nitrogen and oxygen atoms in total. The highest BCUT2D eigenvalue weighted by Crippen LogP contribution is 2.38. The van der Waals surface area contributed by atoms with Crippen molar-refractivity contribution < 1.29 is 18.3 Å². The number of rotatable bonds is 4. The van der Waals surface area contributed by atoms with Crippen LogP contribution in [0.25, 0.3) is 0 Å². The molecule has 0 atom stereocenters. The monoisotopic (exact) mass is 245 g/mol. The van der Waals surface area contributed by atoms with Crippen molar-refractivity contribution in [3.63, 3.8) is 0 Å². The van der Waals surface area contributed by atoms with Gasteiger partial charge in [0.05, 0.1) is 19.8 Å². The molecule has 0 fully saturated rings. The van der Waals surface area contributed by atoms with Crippen molar-refractivity contribution in [2.75, 3.05) is 14.2 Å². The molecule has 0 amide bonds. The lowest BCUT2D eigenvalue weighted by molar-refractivity contribution is 0.146. The fourth-order valence-corrected chi connectivity index (χ4v) is 1.60. The fraction of sp³-hybridized carbons (Fsp3) is 0.500. The van der Waals surface area contributed by atoms with Gasteiger partial charge in [-0.2, -0.15) is 0 Å². The second-order valence-electron chi connectivity index (χ2n) is 4.32. The number of hydrogen-bond donors (Lipinski definition) is 1. The van der Waals surface area contributed by atoms with Gasteiger partial charge >= 0.3 is 0 Å². The molecule has 0 bridgehead atoms. The molecule has 0 saturated heterocycles. The van der Waals surface area contributed by atoms with Crippen molar-refractivity contribution in [3.8, 4) is 11.5 Å². The molecule has 96 valence electrons. The molecule has 17 heavy (non-hydrogen) atoms. The summed E-state index contributed by atoms with van der Waals surface area (Å²) in [4.78, 5) is 0. The maximum Gasteiger partial charge on any atom is 0.267 e. The molecule has 0 heterocycles. The van der Waals surface area contributed by atoms with Crippen LogP contribution in [0.4, 0.5) is 8.78 Å². The van der Waals surface area contributed by atoms with Crippen LogP contribution in [0.5, 0.6) is 11.5 Å². The van der Waals surface area contributed by atoms with Gasteiger partial charge in [-0.1, -0.05) is 0 Å². The topological polar surface area (TPSA) is 44.5 Å². The Kier molecular flexibility index (Phi) is 3.93. The number of benzene rings is 1. The van der Waals surface area contributed by atoms with Crippen LogP contribution in [-0.2, 0) is 5.54 Å². The Labute approximate surface area is 99.5 Å². The predicted molar refractivity (Wildman–Crippen MR) is 61.7 cm³/mol. The lowest BCUT2D eigenvalue weighted by Crippen LogP contribution is -2.29.